The molecule has 6 heteroatoms. The quantitative estimate of drug-likeness (QED) is 0.403. The summed E-state index contributed by atoms with van der Waals surface area (Å²) in [7, 11) is 0. The second-order valence-electron chi connectivity index (χ2n) is 6.11. The van der Waals surface area contributed by atoms with Gasteiger partial charge in [-0.2, -0.15) is 0 Å². The molecule has 1 heterocycles. The van der Waals surface area contributed by atoms with E-state index in [4.69, 9.17) is 0 Å². The van der Waals surface area contributed by atoms with E-state index in [0.29, 0.717) is 13.1 Å². The van der Waals surface area contributed by atoms with Crippen LogP contribution in [0.1, 0.15) is 27.7 Å². The van der Waals surface area contributed by atoms with Crippen molar-refractivity contribution in [3.63, 3.8) is 0 Å². The first-order chi connectivity index (χ1) is 10.4. The lowest BCUT2D eigenvalue weighted by atomic mass is 9.96. The van der Waals surface area contributed by atoms with Gasteiger partial charge in [0.15, 0.2) is 5.96 Å². The Morgan fingerprint density at radius 3 is 2.36 bits per heavy atom. The number of hydrogen-bond donors (Lipinski definition) is 3. The zero-order valence-corrected chi connectivity index (χ0v) is 14.1. The van der Waals surface area contributed by atoms with E-state index in [1.807, 2.05) is 52.2 Å². The molecule has 0 aliphatic heterocycles. The highest BCUT2D eigenvalue weighted by atomic mass is 16.2. The van der Waals surface area contributed by atoms with Crippen LogP contribution in [0.3, 0.4) is 0 Å². The van der Waals surface area contributed by atoms with E-state index in [1.165, 1.54) is 0 Å². The average Bonchev–Trinajstić information content (AvgIpc) is 2.95. The summed E-state index contributed by atoms with van der Waals surface area (Å²) in [6, 6.07) is 4.02. The Labute approximate surface area is 133 Å². The smallest absolute Gasteiger partial charge is 0.225 e. The summed E-state index contributed by atoms with van der Waals surface area (Å²) in [5.74, 6) is 0.827. The fourth-order valence-electron chi connectivity index (χ4n) is 1.77. The molecule has 0 unspecified atom stereocenters. The van der Waals surface area contributed by atoms with Crippen LogP contribution in [0.25, 0.3) is 0 Å². The minimum Gasteiger partial charge on any atom is -0.357 e. The van der Waals surface area contributed by atoms with E-state index in [9.17, 15) is 4.79 Å². The minimum atomic E-state index is -0.358. The van der Waals surface area contributed by atoms with Crippen molar-refractivity contribution < 1.29 is 4.79 Å². The van der Waals surface area contributed by atoms with Crippen LogP contribution in [0.5, 0.6) is 0 Å². The first kappa shape index (κ1) is 18.1. The maximum Gasteiger partial charge on any atom is 0.225 e. The van der Waals surface area contributed by atoms with Gasteiger partial charge in [-0.3, -0.25) is 9.79 Å². The van der Waals surface area contributed by atoms with Gasteiger partial charge in [-0.05, 0) is 19.1 Å². The van der Waals surface area contributed by atoms with Crippen LogP contribution in [0.4, 0.5) is 0 Å². The molecule has 22 heavy (non-hydrogen) atoms. The molecule has 124 valence electrons. The van der Waals surface area contributed by atoms with Gasteiger partial charge >= 0.3 is 0 Å². The molecule has 3 N–H and O–H groups in total. The topological polar surface area (TPSA) is 70.4 Å². The summed E-state index contributed by atoms with van der Waals surface area (Å²) in [6.45, 7) is 11.3. The summed E-state index contributed by atoms with van der Waals surface area (Å²) < 4.78 is 2.11. The lowest BCUT2D eigenvalue weighted by Gasteiger charge is -2.17. The summed E-state index contributed by atoms with van der Waals surface area (Å²) in [5.41, 5.74) is -0.358. The van der Waals surface area contributed by atoms with Crippen LogP contribution >= 0.6 is 0 Å². The van der Waals surface area contributed by atoms with Crippen molar-refractivity contribution in [2.24, 2.45) is 10.4 Å². The van der Waals surface area contributed by atoms with E-state index >= 15 is 0 Å². The van der Waals surface area contributed by atoms with Crippen molar-refractivity contribution in [3.8, 4) is 0 Å². The molecule has 0 aliphatic carbocycles. The molecule has 0 radical (unpaired) electrons. The van der Waals surface area contributed by atoms with E-state index < -0.39 is 0 Å². The Kier molecular flexibility index (Phi) is 7.49. The Balaban J connectivity index is 2.30. The number of amides is 1. The standard InChI is InChI=1S/C16H29N5O/c1-5-17-15(20-10-13-21-11-6-7-12-21)19-9-8-18-14(22)16(2,3)4/h6-7,11-12H,5,8-10,13H2,1-4H3,(H,18,22)(H2,17,19,20). The van der Waals surface area contributed by atoms with Crippen molar-refractivity contribution in [2.75, 3.05) is 26.2 Å². The second kappa shape index (κ2) is 9.12. The Hall–Kier alpha value is -1.98. The highest BCUT2D eigenvalue weighted by molar-refractivity contribution is 5.81. The van der Waals surface area contributed by atoms with Gasteiger partial charge in [0.1, 0.15) is 0 Å². The zero-order valence-electron chi connectivity index (χ0n) is 14.1. The Morgan fingerprint density at radius 1 is 1.09 bits per heavy atom. The van der Waals surface area contributed by atoms with Gasteiger partial charge in [0, 0.05) is 44.0 Å². The molecular weight excluding hydrogens is 278 g/mol. The lowest BCUT2D eigenvalue weighted by Crippen LogP contribution is -2.40. The molecule has 1 amide bonds. The van der Waals surface area contributed by atoms with Gasteiger partial charge in [-0.1, -0.05) is 20.8 Å². The van der Waals surface area contributed by atoms with E-state index in [2.05, 4.69) is 25.5 Å². The molecule has 0 aliphatic rings. The third-order valence-electron chi connectivity index (χ3n) is 3.02. The summed E-state index contributed by atoms with van der Waals surface area (Å²) >= 11 is 0. The number of nitrogens with zero attached hydrogens (tertiary/aromatic N) is 2. The van der Waals surface area contributed by atoms with Crippen LogP contribution in [-0.2, 0) is 11.3 Å². The molecule has 0 aromatic carbocycles. The van der Waals surface area contributed by atoms with Gasteiger partial charge in [0.25, 0.3) is 0 Å². The molecule has 0 saturated carbocycles. The molecule has 1 rings (SSSR count). The maximum absolute atomic E-state index is 11.7. The summed E-state index contributed by atoms with van der Waals surface area (Å²) in [5, 5.41) is 9.37. The fraction of sp³-hybridized carbons (Fsp3) is 0.625. The van der Waals surface area contributed by atoms with Crippen molar-refractivity contribution in [1.82, 2.24) is 20.5 Å². The van der Waals surface area contributed by atoms with Gasteiger partial charge in [0.2, 0.25) is 5.91 Å². The van der Waals surface area contributed by atoms with Crippen molar-refractivity contribution >= 4 is 11.9 Å². The molecule has 0 saturated heterocycles. The second-order valence-corrected chi connectivity index (χ2v) is 6.11. The summed E-state index contributed by atoms with van der Waals surface area (Å²) in [4.78, 5) is 16.2. The van der Waals surface area contributed by atoms with Crippen LogP contribution in [-0.4, -0.2) is 42.6 Å². The first-order valence-electron chi connectivity index (χ1n) is 7.84. The number of aromatic nitrogens is 1. The van der Waals surface area contributed by atoms with Crippen LogP contribution in [0.2, 0.25) is 0 Å². The van der Waals surface area contributed by atoms with Gasteiger partial charge in [-0.25, -0.2) is 0 Å². The molecule has 0 fully saturated rings. The van der Waals surface area contributed by atoms with Crippen LogP contribution in [0, 0.1) is 5.41 Å². The van der Waals surface area contributed by atoms with Crippen molar-refractivity contribution in [3.05, 3.63) is 24.5 Å². The molecule has 0 atom stereocenters. The van der Waals surface area contributed by atoms with Gasteiger partial charge in [0.05, 0.1) is 6.54 Å². The molecule has 1 aromatic heterocycles. The van der Waals surface area contributed by atoms with E-state index in [-0.39, 0.29) is 11.3 Å². The normalized spacial score (nSPS) is 12.1. The number of rotatable bonds is 7. The molecule has 0 bridgehead atoms. The number of nitrogens with one attached hydrogen (secondary N) is 3. The minimum absolute atomic E-state index is 0.0493. The number of carbonyl (C=O) groups excluding carboxylic acids is 1. The molecule has 0 spiro atoms. The third-order valence-corrected chi connectivity index (χ3v) is 3.02. The average molecular weight is 307 g/mol. The third kappa shape index (κ3) is 7.15. The first-order valence-corrected chi connectivity index (χ1v) is 7.84. The maximum atomic E-state index is 11.7. The predicted octanol–water partition coefficient (Wildman–Crippen LogP) is 1.21. The number of guanidine groups is 1. The zero-order chi connectivity index (χ0) is 16.4. The molecular formula is C16H29N5O. The SMILES string of the molecule is CCNC(=NCCNC(=O)C(C)(C)C)NCCn1cccc1. The monoisotopic (exact) mass is 307 g/mol. The Bertz CT molecular complexity index is 459. The number of aliphatic imine (C=N–C) groups is 1. The predicted molar refractivity (Wildman–Crippen MR) is 90.9 cm³/mol. The van der Waals surface area contributed by atoms with Crippen molar-refractivity contribution in [1.29, 1.82) is 0 Å². The van der Waals surface area contributed by atoms with Crippen LogP contribution < -0.4 is 16.0 Å². The fourth-order valence-corrected chi connectivity index (χ4v) is 1.77. The largest absolute Gasteiger partial charge is 0.357 e. The van der Waals surface area contributed by atoms with E-state index in [1.54, 1.807) is 0 Å². The van der Waals surface area contributed by atoms with Crippen LogP contribution in [0.15, 0.2) is 29.5 Å². The number of carbonyl (C=O) groups is 1. The number of hydrogen-bond acceptors (Lipinski definition) is 2. The van der Waals surface area contributed by atoms with Gasteiger partial charge in [-0.15, -0.1) is 0 Å². The van der Waals surface area contributed by atoms with Crippen molar-refractivity contribution in [2.45, 2.75) is 34.2 Å². The molecule has 1 aromatic rings. The summed E-state index contributed by atoms with van der Waals surface area (Å²) in [6.07, 6.45) is 4.07. The molecule has 6 nitrogen and oxygen atoms in total. The highest BCUT2D eigenvalue weighted by Gasteiger charge is 2.20. The lowest BCUT2D eigenvalue weighted by molar-refractivity contribution is -0.128. The Morgan fingerprint density at radius 2 is 1.77 bits per heavy atom. The van der Waals surface area contributed by atoms with E-state index in [0.717, 1.165) is 25.6 Å². The highest BCUT2D eigenvalue weighted by Crippen LogP contribution is 2.11. The van der Waals surface area contributed by atoms with Gasteiger partial charge < -0.3 is 20.5 Å².